The van der Waals surface area contributed by atoms with E-state index >= 15 is 0 Å². The molecule has 0 saturated carbocycles. The Bertz CT molecular complexity index is 1660. The van der Waals surface area contributed by atoms with Gasteiger partial charge in [-0.25, -0.2) is 14.5 Å². The van der Waals surface area contributed by atoms with Gasteiger partial charge in [-0.2, -0.15) is 4.99 Å². The van der Waals surface area contributed by atoms with Crippen molar-refractivity contribution in [3.63, 3.8) is 0 Å². The second-order valence-electron chi connectivity index (χ2n) is 9.18. The molecule has 4 aromatic rings. The maximum atomic E-state index is 12.5. The Morgan fingerprint density at radius 3 is 2.44 bits per heavy atom. The highest BCUT2D eigenvalue weighted by atomic mass is 32.2. The number of anilines is 1. The predicted octanol–water partition coefficient (Wildman–Crippen LogP) is 5.97. The van der Waals surface area contributed by atoms with E-state index in [1.54, 1.807) is 25.3 Å². The largest absolute Gasteiger partial charge is 0.573 e. The van der Waals surface area contributed by atoms with Crippen LogP contribution in [0.2, 0.25) is 0 Å². The minimum absolute atomic E-state index is 0.0794. The number of methoxy groups -OCH3 is 1. The number of aryl methyl sites for hydroxylation is 1. The van der Waals surface area contributed by atoms with E-state index in [1.165, 1.54) is 51.9 Å². The van der Waals surface area contributed by atoms with Crippen LogP contribution in [0.25, 0.3) is 17.1 Å². The maximum Gasteiger partial charge on any atom is 0.573 e. The normalized spacial score (nSPS) is 14.3. The van der Waals surface area contributed by atoms with Gasteiger partial charge in [0.1, 0.15) is 17.8 Å². The number of amidine groups is 1. The summed E-state index contributed by atoms with van der Waals surface area (Å²) in [4.78, 5) is 34.7. The Labute approximate surface area is 248 Å². The molecule has 2 amide bonds. The summed E-state index contributed by atoms with van der Waals surface area (Å²) in [6.45, 7) is 1.92. The van der Waals surface area contributed by atoms with Crippen molar-refractivity contribution in [3.8, 4) is 28.6 Å². The first-order valence-electron chi connectivity index (χ1n) is 12.8. The van der Waals surface area contributed by atoms with Crippen LogP contribution in [0.15, 0.2) is 78.0 Å². The van der Waals surface area contributed by atoms with Gasteiger partial charge in [-0.1, -0.05) is 36.0 Å². The molecule has 1 saturated heterocycles. The number of halogens is 3. The van der Waals surface area contributed by atoms with Gasteiger partial charge in [0, 0.05) is 12.0 Å². The lowest BCUT2D eigenvalue weighted by Crippen LogP contribution is -2.30. The monoisotopic (exact) mass is 611 g/mol. The summed E-state index contributed by atoms with van der Waals surface area (Å²) in [5.74, 6) is 0.732. The fourth-order valence-corrected chi connectivity index (χ4v) is 5.04. The summed E-state index contributed by atoms with van der Waals surface area (Å²) in [5.41, 5.74) is 3.55. The number of carbonyl (C=O) groups excluding carboxylic acids is 2. The van der Waals surface area contributed by atoms with Gasteiger partial charge in [0.25, 0.3) is 0 Å². The average molecular weight is 612 g/mol. The molecule has 10 nitrogen and oxygen atoms in total. The third kappa shape index (κ3) is 7.33. The minimum atomic E-state index is -4.76. The number of aromatic nitrogens is 3. The lowest BCUT2D eigenvalue weighted by Gasteiger charge is -2.18. The lowest BCUT2D eigenvalue weighted by atomic mass is 10.1. The van der Waals surface area contributed by atoms with Crippen molar-refractivity contribution in [2.75, 3.05) is 24.4 Å². The minimum Gasteiger partial charge on any atom is -0.497 e. The van der Waals surface area contributed by atoms with Crippen LogP contribution < -0.4 is 14.4 Å². The number of thioether (sulfide) groups is 1. The topological polar surface area (TPSA) is 108 Å². The number of amides is 2. The van der Waals surface area contributed by atoms with E-state index in [4.69, 9.17) is 9.47 Å². The van der Waals surface area contributed by atoms with E-state index < -0.39 is 12.5 Å². The number of hydrogen-bond acceptors (Lipinski definition) is 8. The summed E-state index contributed by atoms with van der Waals surface area (Å²) in [5, 5.41) is 4.64. The lowest BCUT2D eigenvalue weighted by molar-refractivity contribution is -0.274. The van der Waals surface area contributed by atoms with Crippen molar-refractivity contribution >= 4 is 34.6 Å². The van der Waals surface area contributed by atoms with Crippen LogP contribution in [0.3, 0.4) is 0 Å². The van der Waals surface area contributed by atoms with E-state index in [0.29, 0.717) is 29.4 Å². The highest BCUT2D eigenvalue weighted by molar-refractivity contribution is 8.15. The zero-order chi connectivity index (χ0) is 30.6. The number of benzene rings is 3. The standard InChI is InChI=1S/C29H24F3N5O5S/c1-18-15-23(40-2)11-12-24(18)37-25(38)16-43-27(37)34-28(39)41-14-13-19-3-5-20(6-4-19)26-33-17-36(35-26)21-7-9-22(10-8-21)42-29(30,31)32/h3-12,15,17H,13-14,16H2,1-2H3/b34-27-. The molecule has 5 rings (SSSR count). The molecule has 1 aromatic heterocycles. The number of hydrogen-bond donors (Lipinski definition) is 0. The third-order valence-electron chi connectivity index (χ3n) is 6.25. The molecule has 222 valence electrons. The van der Waals surface area contributed by atoms with Gasteiger partial charge >= 0.3 is 12.5 Å². The van der Waals surface area contributed by atoms with Gasteiger partial charge in [-0.15, -0.1) is 18.3 Å². The number of ether oxygens (including phenoxy) is 3. The van der Waals surface area contributed by atoms with Crippen LogP contribution in [-0.4, -0.2) is 57.8 Å². The Morgan fingerprint density at radius 2 is 1.77 bits per heavy atom. The fourth-order valence-electron chi connectivity index (χ4n) is 4.19. The van der Waals surface area contributed by atoms with Crippen molar-refractivity contribution in [1.82, 2.24) is 14.8 Å². The molecule has 0 bridgehead atoms. The van der Waals surface area contributed by atoms with E-state index in [0.717, 1.165) is 16.7 Å². The Morgan fingerprint density at radius 1 is 1.05 bits per heavy atom. The molecule has 0 N–H and O–H groups in total. The van der Waals surface area contributed by atoms with Crippen LogP contribution in [0.5, 0.6) is 11.5 Å². The molecule has 0 atom stereocenters. The second kappa shape index (κ2) is 12.6. The van der Waals surface area contributed by atoms with Gasteiger partial charge in [0.2, 0.25) is 5.91 Å². The molecule has 0 aliphatic carbocycles. The summed E-state index contributed by atoms with van der Waals surface area (Å²) in [6, 6.07) is 17.9. The summed E-state index contributed by atoms with van der Waals surface area (Å²) in [7, 11) is 1.56. The Hall–Kier alpha value is -4.85. The molecule has 1 aliphatic heterocycles. The molecule has 1 fully saturated rings. The van der Waals surface area contributed by atoms with Gasteiger partial charge in [-0.3, -0.25) is 9.69 Å². The molecule has 0 spiro atoms. The highest BCUT2D eigenvalue weighted by Crippen LogP contribution is 2.31. The molecular weight excluding hydrogens is 587 g/mol. The van der Waals surface area contributed by atoms with E-state index in [1.807, 2.05) is 31.2 Å². The molecule has 1 aliphatic rings. The average Bonchev–Trinajstić information content (AvgIpc) is 3.60. The number of nitrogens with zero attached hydrogens (tertiary/aromatic N) is 5. The molecular formula is C29H24F3N5O5S. The van der Waals surface area contributed by atoms with Crippen molar-refractivity contribution in [2.24, 2.45) is 4.99 Å². The quantitative estimate of drug-likeness (QED) is 0.240. The predicted molar refractivity (Wildman–Crippen MR) is 154 cm³/mol. The summed E-state index contributed by atoms with van der Waals surface area (Å²) >= 11 is 1.17. The molecule has 14 heteroatoms. The van der Waals surface area contributed by atoms with E-state index in [9.17, 15) is 22.8 Å². The van der Waals surface area contributed by atoms with Gasteiger partial charge in [-0.05, 0) is 60.5 Å². The van der Waals surface area contributed by atoms with Crippen molar-refractivity contribution < 1.29 is 37.0 Å². The molecule has 0 unspecified atom stereocenters. The first-order valence-corrected chi connectivity index (χ1v) is 13.8. The van der Waals surface area contributed by atoms with Crippen molar-refractivity contribution in [3.05, 3.63) is 84.2 Å². The van der Waals surface area contributed by atoms with Crippen molar-refractivity contribution in [2.45, 2.75) is 19.7 Å². The molecule has 43 heavy (non-hydrogen) atoms. The number of alkyl halides is 3. The fraction of sp³-hybridized carbons (Fsp3) is 0.207. The number of carbonyl (C=O) groups is 2. The van der Waals surface area contributed by atoms with Gasteiger partial charge in [0.15, 0.2) is 11.0 Å². The smallest absolute Gasteiger partial charge is 0.497 e. The van der Waals surface area contributed by atoms with E-state index in [-0.39, 0.29) is 29.2 Å². The van der Waals surface area contributed by atoms with Crippen LogP contribution in [-0.2, 0) is 16.0 Å². The second-order valence-corrected chi connectivity index (χ2v) is 10.1. The Balaban J connectivity index is 1.16. The zero-order valence-corrected chi connectivity index (χ0v) is 23.7. The highest BCUT2D eigenvalue weighted by Gasteiger charge is 2.32. The third-order valence-corrected chi connectivity index (χ3v) is 7.18. The zero-order valence-electron chi connectivity index (χ0n) is 22.9. The van der Waals surface area contributed by atoms with Crippen LogP contribution in [0.4, 0.5) is 23.7 Å². The van der Waals surface area contributed by atoms with Gasteiger partial charge in [0.05, 0.1) is 30.8 Å². The molecule has 3 aromatic carbocycles. The first-order chi connectivity index (χ1) is 20.6. The van der Waals surface area contributed by atoms with Crippen molar-refractivity contribution in [1.29, 1.82) is 0 Å². The van der Waals surface area contributed by atoms with Crippen LogP contribution in [0.1, 0.15) is 11.1 Å². The van der Waals surface area contributed by atoms with Gasteiger partial charge < -0.3 is 14.2 Å². The van der Waals surface area contributed by atoms with Crippen LogP contribution in [0, 0.1) is 6.92 Å². The maximum absolute atomic E-state index is 12.5. The first kappa shape index (κ1) is 29.6. The molecule has 2 heterocycles. The Kier molecular flexibility index (Phi) is 8.66. The summed E-state index contributed by atoms with van der Waals surface area (Å²) < 4.78 is 53.0. The van der Waals surface area contributed by atoms with Crippen LogP contribution >= 0.6 is 11.8 Å². The van der Waals surface area contributed by atoms with E-state index in [2.05, 4.69) is 19.8 Å². The SMILES string of the molecule is COc1ccc(N2C(=O)CS/C2=N\C(=O)OCCc2ccc(-c3ncn(-c4ccc(OC(F)(F)F)cc4)n3)cc2)c(C)c1. The number of rotatable bonds is 8. The number of aliphatic imine (C=N–C) groups is 1. The molecule has 0 radical (unpaired) electrons. The summed E-state index contributed by atoms with van der Waals surface area (Å²) in [6.07, 6.45) is -3.67.